The first kappa shape index (κ1) is 13.1. The number of hydrogen-bond donors (Lipinski definition) is 2. The van der Waals surface area contributed by atoms with Crippen LogP contribution in [0.3, 0.4) is 0 Å². The summed E-state index contributed by atoms with van der Waals surface area (Å²) in [5.41, 5.74) is 0. The number of thiocarbonyl (C=S) groups is 1. The second-order valence-electron chi connectivity index (χ2n) is 5.36. The molecule has 1 saturated heterocycles. The van der Waals surface area contributed by atoms with Crippen molar-refractivity contribution in [1.82, 2.24) is 10.2 Å². The fourth-order valence-corrected chi connectivity index (χ4v) is 3.11. The second kappa shape index (κ2) is 6.55. The van der Waals surface area contributed by atoms with Crippen molar-refractivity contribution in [3.05, 3.63) is 0 Å². The summed E-state index contributed by atoms with van der Waals surface area (Å²) in [6, 6.07) is 0.580. The molecule has 4 heteroatoms. The molecular weight excluding hydrogens is 232 g/mol. The van der Waals surface area contributed by atoms with Gasteiger partial charge in [-0.25, -0.2) is 0 Å². The largest absolute Gasteiger partial charge is 0.393 e. The van der Waals surface area contributed by atoms with Crippen LogP contribution in [-0.2, 0) is 0 Å². The van der Waals surface area contributed by atoms with Gasteiger partial charge in [-0.15, -0.1) is 0 Å². The van der Waals surface area contributed by atoms with Gasteiger partial charge in [0.1, 0.15) is 0 Å². The lowest BCUT2D eigenvalue weighted by atomic mass is 10.1. The van der Waals surface area contributed by atoms with Gasteiger partial charge in [0.2, 0.25) is 0 Å². The number of aliphatic hydroxyl groups is 1. The molecule has 1 saturated carbocycles. The highest BCUT2D eigenvalue weighted by Gasteiger charge is 2.21. The molecule has 1 heterocycles. The van der Waals surface area contributed by atoms with Crippen LogP contribution in [-0.4, -0.2) is 40.4 Å². The van der Waals surface area contributed by atoms with E-state index >= 15 is 0 Å². The molecule has 2 rings (SSSR count). The van der Waals surface area contributed by atoms with Crippen molar-refractivity contribution in [2.75, 3.05) is 13.1 Å². The van der Waals surface area contributed by atoms with E-state index in [-0.39, 0.29) is 6.10 Å². The Morgan fingerprint density at radius 1 is 1.00 bits per heavy atom. The molecule has 3 nitrogen and oxygen atoms in total. The van der Waals surface area contributed by atoms with Crippen LogP contribution in [0.1, 0.15) is 51.4 Å². The van der Waals surface area contributed by atoms with Crippen LogP contribution in [0.25, 0.3) is 0 Å². The third kappa shape index (κ3) is 4.11. The van der Waals surface area contributed by atoms with Crippen LogP contribution in [0.5, 0.6) is 0 Å². The van der Waals surface area contributed by atoms with Gasteiger partial charge in [-0.1, -0.05) is 25.7 Å². The van der Waals surface area contributed by atoms with Crippen LogP contribution in [0.4, 0.5) is 0 Å². The lowest BCUT2D eigenvalue weighted by molar-refractivity contribution is 0.108. The summed E-state index contributed by atoms with van der Waals surface area (Å²) in [4.78, 5) is 2.22. The van der Waals surface area contributed by atoms with Crippen LogP contribution < -0.4 is 5.32 Å². The topological polar surface area (TPSA) is 35.5 Å². The third-order valence-electron chi connectivity index (χ3n) is 3.93. The Hall–Kier alpha value is -0.350. The smallest absolute Gasteiger partial charge is 0.169 e. The monoisotopic (exact) mass is 256 g/mol. The molecule has 0 aromatic carbocycles. The maximum Gasteiger partial charge on any atom is 0.169 e. The Bertz CT molecular complexity index is 244. The van der Waals surface area contributed by atoms with E-state index in [0.717, 1.165) is 31.0 Å². The van der Waals surface area contributed by atoms with Crippen LogP contribution in [0.15, 0.2) is 0 Å². The normalized spacial score (nSPS) is 24.4. The van der Waals surface area contributed by atoms with Gasteiger partial charge in [-0.05, 0) is 37.9 Å². The zero-order chi connectivity index (χ0) is 12.1. The van der Waals surface area contributed by atoms with Crippen LogP contribution in [0.2, 0.25) is 0 Å². The van der Waals surface area contributed by atoms with Gasteiger partial charge in [0.15, 0.2) is 5.11 Å². The summed E-state index contributed by atoms with van der Waals surface area (Å²) >= 11 is 5.47. The quantitative estimate of drug-likeness (QED) is 0.556. The summed E-state index contributed by atoms with van der Waals surface area (Å²) in [5, 5.41) is 13.9. The maximum atomic E-state index is 9.48. The van der Waals surface area contributed by atoms with E-state index < -0.39 is 0 Å². The summed E-state index contributed by atoms with van der Waals surface area (Å²) in [7, 11) is 0. The number of likely N-dealkylation sites (tertiary alicyclic amines) is 1. The molecule has 98 valence electrons. The molecule has 0 spiro atoms. The summed E-state index contributed by atoms with van der Waals surface area (Å²) in [5.74, 6) is 0. The first-order valence-corrected chi connectivity index (χ1v) is 7.40. The Labute approximate surface area is 110 Å². The third-order valence-corrected chi connectivity index (χ3v) is 4.31. The van der Waals surface area contributed by atoms with E-state index in [1.54, 1.807) is 0 Å². The maximum absolute atomic E-state index is 9.48. The molecule has 2 aliphatic rings. The van der Waals surface area contributed by atoms with Gasteiger partial charge in [0.25, 0.3) is 0 Å². The highest BCUT2D eigenvalue weighted by molar-refractivity contribution is 7.80. The number of nitrogens with zero attached hydrogens (tertiary/aromatic N) is 1. The van der Waals surface area contributed by atoms with Crippen LogP contribution in [0, 0.1) is 0 Å². The fourth-order valence-electron chi connectivity index (χ4n) is 2.76. The highest BCUT2D eigenvalue weighted by atomic mass is 32.1. The minimum Gasteiger partial charge on any atom is -0.393 e. The molecule has 0 unspecified atom stereocenters. The number of aliphatic hydroxyl groups excluding tert-OH is 1. The van der Waals surface area contributed by atoms with Gasteiger partial charge in [0.05, 0.1) is 6.10 Å². The Morgan fingerprint density at radius 3 is 2.18 bits per heavy atom. The van der Waals surface area contributed by atoms with E-state index in [9.17, 15) is 5.11 Å². The fraction of sp³-hybridized carbons (Fsp3) is 0.923. The SMILES string of the molecule is OC1CCN(C(=S)NC2CCCCCC2)CC1. The van der Waals surface area contributed by atoms with Gasteiger partial charge in [-0.2, -0.15) is 0 Å². The lowest BCUT2D eigenvalue weighted by Gasteiger charge is -2.33. The molecule has 0 radical (unpaired) electrons. The highest BCUT2D eigenvalue weighted by Crippen LogP contribution is 2.18. The standard InChI is InChI=1S/C13H24N2OS/c16-12-7-9-15(10-8-12)13(17)14-11-5-3-1-2-4-6-11/h11-12,16H,1-10H2,(H,14,17). The molecule has 0 aromatic rings. The van der Waals surface area contributed by atoms with Gasteiger partial charge >= 0.3 is 0 Å². The average molecular weight is 256 g/mol. The minimum absolute atomic E-state index is 0.119. The average Bonchev–Trinajstić information content (AvgIpc) is 2.58. The number of piperidine rings is 1. The molecule has 0 atom stereocenters. The molecule has 2 N–H and O–H groups in total. The molecule has 2 fully saturated rings. The number of hydrogen-bond acceptors (Lipinski definition) is 2. The van der Waals surface area contributed by atoms with Crippen LogP contribution >= 0.6 is 12.2 Å². The number of rotatable bonds is 1. The first-order chi connectivity index (χ1) is 8.25. The van der Waals surface area contributed by atoms with E-state index in [1.807, 2.05) is 0 Å². The van der Waals surface area contributed by atoms with E-state index in [1.165, 1.54) is 38.5 Å². The van der Waals surface area contributed by atoms with E-state index in [4.69, 9.17) is 12.2 Å². The molecule has 17 heavy (non-hydrogen) atoms. The van der Waals surface area contributed by atoms with E-state index in [2.05, 4.69) is 10.2 Å². The van der Waals surface area contributed by atoms with Gasteiger partial charge < -0.3 is 15.3 Å². The first-order valence-electron chi connectivity index (χ1n) is 6.99. The summed E-state index contributed by atoms with van der Waals surface area (Å²) < 4.78 is 0. The molecular formula is C13H24N2OS. The van der Waals surface area contributed by atoms with Crippen molar-refractivity contribution in [1.29, 1.82) is 0 Å². The predicted molar refractivity (Wildman–Crippen MR) is 74.0 cm³/mol. The van der Waals surface area contributed by atoms with Crippen molar-refractivity contribution in [3.8, 4) is 0 Å². The Balaban J connectivity index is 1.75. The summed E-state index contributed by atoms with van der Waals surface area (Å²) in [6.45, 7) is 1.81. The second-order valence-corrected chi connectivity index (χ2v) is 5.74. The Morgan fingerprint density at radius 2 is 1.59 bits per heavy atom. The van der Waals surface area contributed by atoms with Gasteiger partial charge in [0, 0.05) is 19.1 Å². The lowest BCUT2D eigenvalue weighted by Crippen LogP contribution is -2.48. The number of nitrogens with one attached hydrogen (secondary N) is 1. The van der Waals surface area contributed by atoms with Crippen molar-refractivity contribution in [2.45, 2.75) is 63.5 Å². The zero-order valence-electron chi connectivity index (χ0n) is 10.5. The summed E-state index contributed by atoms with van der Waals surface area (Å²) in [6.07, 6.45) is 9.53. The molecule has 1 aliphatic heterocycles. The Kier molecular flexibility index (Phi) is 5.04. The van der Waals surface area contributed by atoms with Crippen molar-refractivity contribution < 1.29 is 5.11 Å². The minimum atomic E-state index is -0.119. The molecule has 0 bridgehead atoms. The molecule has 0 aromatic heterocycles. The molecule has 1 aliphatic carbocycles. The zero-order valence-corrected chi connectivity index (χ0v) is 11.3. The predicted octanol–water partition coefficient (Wildman–Crippen LogP) is 2.04. The van der Waals surface area contributed by atoms with Crippen molar-refractivity contribution in [2.24, 2.45) is 0 Å². The van der Waals surface area contributed by atoms with Gasteiger partial charge in [-0.3, -0.25) is 0 Å². The van der Waals surface area contributed by atoms with Crippen molar-refractivity contribution in [3.63, 3.8) is 0 Å². The molecule has 0 amide bonds. The van der Waals surface area contributed by atoms with Crippen molar-refractivity contribution >= 4 is 17.3 Å². The van der Waals surface area contributed by atoms with E-state index in [0.29, 0.717) is 6.04 Å².